The first-order valence-electron chi connectivity index (χ1n) is 8.94. The first-order chi connectivity index (χ1) is 13.0. The molecule has 3 aromatic carbocycles. The highest BCUT2D eigenvalue weighted by Gasteiger charge is 2.11. The van der Waals surface area contributed by atoms with Crippen LogP contribution in [-0.4, -0.2) is 6.61 Å². The lowest BCUT2D eigenvalue weighted by Gasteiger charge is -2.09. The lowest BCUT2D eigenvalue weighted by atomic mass is 9.99. The summed E-state index contributed by atoms with van der Waals surface area (Å²) in [5.74, 6) is -1.70. The van der Waals surface area contributed by atoms with Crippen LogP contribution in [0.4, 0.5) is 13.2 Å². The summed E-state index contributed by atoms with van der Waals surface area (Å²) < 4.78 is 46.8. The van der Waals surface area contributed by atoms with Crippen LogP contribution in [0.1, 0.15) is 23.6 Å². The molecular weight excluding hydrogens is 349 g/mol. The molecule has 0 saturated heterocycles. The van der Waals surface area contributed by atoms with Crippen LogP contribution in [-0.2, 0) is 12.8 Å². The van der Waals surface area contributed by atoms with Crippen molar-refractivity contribution in [3.8, 4) is 16.9 Å². The normalized spacial score (nSPS) is 10.9. The smallest absolute Gasteiger partial charge is 0.165 e. The first-order valence-corrected chi connectivity index (χ1v) is 8.94. The van der Waals surface area contributed by atoms with Gasteiger partial charge in [0.05, 0.1) is 6.61 Å². The van der Waals surface area contributed by atoms with Gasteiger partial charge in [-0.3, -0.25) is 0 Å². The average molecular weight is 370 g/mol. The summed E-state index contributed by atoms with van der Waals surface area (Å²) in [6, 6.07) is 15.8. The summed E-state index contributed by atoms with van der Waals surface area (Å²) in [4.78, 5) is 0. The van der Waals surface area contributed by atoms with Crippen LogP contribution < -0.4 is 4.74 Å². The van der Waals surface area contributed by atoms with Gasteiger partial charge in [0.2, 0.25) is 0 Å². The van der Waals surface area contributed by atoms with Gasteiger partial charge in [0.25, 0.3) is 0 Å². The van der Waals surface area contributed by atoms with E-state index in [0.717, 1.165) is 16.7 Å². The molecule has 0 N–H and O–H groups in total. The van der Waals surface area contributed by atoms with Gasteiger partial charge >= 0.3 is 0 Å². The Bertz CT molecular complexity index is 933. The number of rotatable bonds is 6. The molecular formula is C23H21F3O. The molecule has 0 bridgehead atoms. The van der Waals surface area contributed by atoms with Crippen LogP contribution in [0, 0.1) is 24.4 Å². The molecule has 0 atom stereocenters. The van der Waals surface area contributed by atoms with E-state index in [0.29, 0.717) is 30.6 Å². The maximum absolute atomic E-state index is 14.0. The minimum atomic E-state index is -0.777. The Morgan fingerprint density at radius 2 is 1.48 bits per heavy atom. The van der Waals surface area contributed by atoms with E-state index in [1.807, 2.05) is 37.3 Å². The van der Waals surface area contributed by atoms with Crippen molar-refractivity contribution in [1.29, 1.82) is 0 Å². The SMILES string of the molecule is CCOc1ccc(-c2ccc(CCc3ccc(C)c(F)c3F)cc2)cc1F. The molecule has 0 fully saturated rings. The van der Waals surface area contributed by atoms with Crippen molar-refractivity contribution in [2.24, 2.45) is 0 Å². The molecule has 3 aromatic rings. The van der Waals surface area contributed by atoms with Gasteiger partial charge in [0.15, 0.2) is 23.2 Å². The fraction of sp³-hybridized carbons (Fsp3) is 0.217. The topological polar surface area (TPSA) is 9.23 Å². The third-order valence-corrected chi connectivity index (χ3v) is 4.56. The standard InChI is InChI=1S/C23H21F3O/c1-3-27-21-13-12-19(14-20(21)24)17-9-5-16(6-10-17)7-11-18-8-4-15(2)22(25)23(18)26/h4-6,8-10,12-14H,3,7,11H2,1-2H3. The Morgan fingerprint density at radius 3 is 2.15 bits per heavy atom. The van der Waals surface area contributed by atoms with E-state index in [4.69, 9.17) is 4.74 Å². The minimum absolute atomic E-state index is 0.241. The summed E-state index contributed by atoms with van der Waals surface area (Å²) in [5.41, 5.74) is 3.33. The molecule has 0 heterocycles. The molecule has 0 aromatic heterocycles. The van der Waals surface area contributed by atoms with E-state index in [1.165, 1.54) is 6.07 Å². The molecule has 1 nitrogen and oxygen atoms in total. The molecule has 0 radical (unpaired) electrons. The molecule has 0 unspecified atom stereocenters. The van der Waals surface area contributed by atoms with E-state index in [-0.39, 0.29) is 5.75 Å². The van der Waals surface area contributed by atoms with Crippen LogP contribution >= 0.6 is 0 Å². The van der Waals surface area contributed by atoms with Gasteiger partial charge in [-0.05, 0) is 66.6 Å². The predicted molar refractivity (Wildman–Crippen MR) is 102 cm³/mol. The minimum Gasteiger partial charge on any atom is -0.491 e. The fourth-order valence-electron chi connectivity index (χ4n) is 2.97. The van der Waals surface area contributed by atoms with Crippen LogP contribution in [0.5, 0.6) is 5.75 Å². The second-order valence-corrected chi connectivity index (χ2v) is 6.44. The first kappa shape index (κ1) is 19.0. The van der Waals surface area contributed by atoms with E-state index in [2.05, 4.69) is 0 Å². The molecule has 0 aliphatic rings. The highest BCUT2D eigenvalue weighted by atomic mass is 19.2. The number of aryl methyl sites for hydroxylation is 3. The molecule has 27 heavy (non-hydrogen) atoms. The Balaban J connectivity index is 1.71. The highest BCUT2D eigenvalue weighted by Crippen LogP contribution is 2.26. The average Bonchev–Trinajstić information content (AvgIpc) is 2.68. The van der Waals surface area contributed by atoms with Crippen molar-refractivity contribution in [2.75, 3.05) is 6.61 Å². The predicted octanol–water partition coefficient (Wildman–Crippen LogP) is 6.26. The van der Waals surface area contributed by atoms with Gasteiger partial charge in [0, 0.05) is 0 Å². The van der Waals surface area contributed by atoms with Crippen molar-refractivity contribution in [3.63, 3.8) is 0 Å². The van der Waals surface area contributed by atoms with Gasteiger partial charge < -0.3 is 4.74 Å². The number of hydrogen-bond acceptors (Lipinski definition) is 1. The van der Waals surface area contributed by atoms with Gasteiger partial charge in [-0.2, -0.15) is 0 Å². The van der Waals surface area contributed by atoms with Crippen LogP contribution in [0.2, 0.25) is 0 Å². The van der Waals surface area contributed by atoms with Gasteiger partial charge in [0.1, 0.15) is 0 Å². The molecule has 3 rings (SSSR count). The van der Waals surface area contributed by atoms with E-state index < -0.39 is 17.5 Å². The van der Waals surface area contributed by atoms with Gasteiger partial charge in [-0.1, -0.05) is 42.5 Å². The van der Waals surface area contributed by atoms with Crippen LogP contribution in [0.3, 0.4) is 0 Å². The Labute approximate surface area is 157 Å². The Hall–Kier alpha value is -2.75. The van der Waals surface area contributed by atoms with Crippen LogP contribution in [0.15, 0.2) is 54.6 Å². The summed E-state index contributed by atoms with van der Waals surface area (Å²) >= 11 is 0. The van der Waals surface area contributed by atoms with E-state index in [1.54, 1.807) is 25.1 Å². The summed E-state index contributed by atoms with van der Waals surface area (Å²) in [7, 11) is 0. The van der Waals surface area contributed by atoms with Gasteiger partial charge in [-0.25, -0.2) is 13.2 Å². The summed E-state index contributed by atoms with van der Waals surface area (Å²) in [6.45, 7) is 3.77. The van der Waals surface area contributed by atoms with E-state index >= 15 is 0 Å². The fourth-order valence-corrected chi connectivity index (χ4v) is 2.97. The van der Waals surface area contributed by atoms with Crippen molar-refractivity contribution in [3.05, 3.63) is 88.7 Å². The lowest BCUT2D eigenvalue weighted by molar-refractivity contribution is 0.321. The largest absolute Gasteiger partial charge is 0.491 e. The second-order valence-electron chi connectivity index (χ2n) is 6.44. The zero-order valence-corrected chi connectivity index (χ0v) is 15.4. The highest BCUT2D eigenvalue weighted by molar-refractivity contribution is 5.64. The quantitative estimate of drug-likeness (QED) is 0.497. The van der Waals surface area contributed by atoms with Crippen molar-refractivity contribution >= 4 is 0 Å². The molecule has 0 saturated carbocycles. The molecule has 4 heteroatoms. The third-order valence-electron chi connectivity index (χ3n) is 4.56. The van der Waals surface area contributed by atoms with Crippen molar-refractivity contribution in [1.82, 2.24) is 0 Å². The zero-order valence-electron chi connectivity index (χ0n) is 15.4. The molecule has 0 aliphatic heterocycles. The number of benzene rings is 3. The van der Waals surface area contributed by atoms with Crippen molar-refractivity contribution in [2.45, 2.75) is 26.7 Å². The molecule has 0 aliphatic carbocycles. The lowest BCUT2D eigenvalue weighted by Crippen LogP contribution is -1.99. The Morgan fingerprint density at radius 1 is 0.778 bits per heavy atom. The van der Waals surface area contributed by atoms with Gasteiger partial charge in [-0.15, -0.1) is 0 Å². The van der Waals surface area contributed by atoms with Crippen molar-refractivity contribution < 1.29 is 17.9 Å². The Kier molecular flexibility index (Phi) is 5.84. The number of ether oxygens (including phenoxy) is 1. The maximum Gasteiger partial charge on any atom is 0.165 e. The molecule has 140 valence electrons. The van der Waals surface area contributed by atoms with Crippen LogP contribution in [0.25, 0.3) is 11.1 Å². The zero-order chi connectivity index (χ0) is 19.4. The molecule has 0 spiro atoms. The van der Waals surface area contributed by atoms with E-state index in [9.17, 15) is 13.2 Å². The number of halogens is 3. The second kappa shape index (κ2) is 8.30. The summed E-state index contributed by atoms with van der Waals surface area (Å²) in [6.07, 6.45) is 1.01. The molecule has 0 amide bonds. The third kappa shape index (κ3) is 4.33. The maximum atomic E-state index is 14.0. The summed E-state index contributed by atoms with van der Waals surface area (Å²) in [5, 5.41) is 0. The monoisotopic (exact) mass is 370 g/mol. The number of hydrogen-bond donors (Lipinski definition) is 0.